The second-order valence-electron chi connectivity index (χ2n) is 7.01. The van der Waals surface area contributed by atoms with Gasteiger partial charge in [0, 0.05) is 29.6 Å². The molecule has 0 aliphatic carbocycles. The van der Waals surface area contributed by atoms with E-state index in [9.17, 15) is 14.4 Å². The monoisotopic (exact) mass is 379 g/mol. The Morgan fingerprint density at radius 1 is 1.19 bits per heavy atom. The second-order valence-corrected chi connectivity index (χ2v) is 7.45. The molecule has 1 aromatic rings. The van der Waals surface area contributed by atoms with Crippen LogP contribution in [0.15, 0.2) is 24.3 Å². The molecule has 6 nitrogen and oxygen atoms in total. The standard InChI is InChI=1S/C19H26ClN3O3/c1-12(2)17(21)19(26)22-11-16(24)23-9-7-14(8-10-23)18(25)13-3-5-15(20)6-4-13/h3-6,12,14,17H,7-11,21H2,1-2H3,(H,22,26)/t17-/m0/s1. The lowest BCUT2D eigenvalue weighted by Gasteiger charge is -2.31. The van der Waals surface area contributed by atoms with Crippen molar-refractivity contribution in [3.63, 3.8) is 0 Å². The van der Waals surface area contributed by atoms with Crippen LogP contribution in [0.2, 0.25) is 5.02 Å². The van der Waals surface area contributed by atoms with Gasteiger partial charge in [0.1, 0.15) is 0 Å². The largest absolute Gasteiger partial charge is 0.346 e. The molecule has 26 heavy (non-hydrogen) atoms. The normalized spacial score (nSPS) is 16.4. The molecular formula is C19H26ClN3O3. The van der Waals surface area contributed by atoms with Crippen molar-refractivity contribution in [2.45, 2.75) is 32.7 Å². The highest BCUT2D eigenvalue weighted by Crippen LogP contribution is 2.22. The van der Waals surface area contributed by atoms with E-state index in [-0.39, 0.29) is 36.0 Å². The van der Waals surface area contributed by atoms with Gasteiger partial charge in [-0.15, -0.1) is 0 Å². The zero-order valence-corrected chi connectivity index (χ0v) is 16.0. The Morgan fingerprint density at radius 3 is 2.31 bits per heavy atom. The Labute approximate surface area is 159 Å². The number of halogens is 1. The number of rotatable bonds is 6. The van der Waals surface area contributed by atoms with E-state index in [2.05, 4.69) is 5.32 Å². The van der Waals surface area contributed by atoms with Crippen molar-refractivity contribution in [3.05, 3.63) is 34.9 Å². The molecule has 2 amide bonds. The van der Waals surface area contributed by atoms with Crippen molar-refractivity contribution in [2.24, 2.45) is 17.6 Å². The van der Waals surface area contributed by atoms with E-state index in [4.69, 9.17) is 17.3 Å². The van der Waals surface area contributed by atoms with Gasteiger partial charge in [-0.1, -0.05) is 25.4 Å². The molecule has 0 unspecified atom stereocenters. The summed E-state index contributed by atoms with van der Waals surface area (Å²) in [5, 5.41) is 3.19. The Bertz CT molecular complexity index is 652. The Hall–Kier alpha value is -1.92. The number of amides is 2. The van der Waals surface area contributed by atoms with E-state index in [0.29, 0.717) is 36.5 Å². The van der Waals surface area contributed by atoms with Gasteiger partial charge >= 0.3 is 0 Å². The zero-order chi connectivity index (χ0) is 19.3. The third-order valence-electron chi connectivity index (χ3n) is 4.78. The van der Waals surface area contributed by atoms with Crippen molar-refractivity contribution in [2.75, 3.05) is 19.6 Å². The number of carbonyl (C=O) groups is 3. The van der Waals surface area contributed by atoms with E-state index < -0.39 is 6.04 Å². The number of hydrogen-bond acceptors (Lipinski definition) is 4. The predicted octanol–water partition coefficient (Wildman–Crippen LogP) is 1.86. The van der Waals surface area contributed by atoms with Gasteiger partial charge in [0.25, 0.3) is 0 Å². The van der Waals surface area contributed by atoms with Crippen LogP contribution in [0, 0.1) is 11.8 Å². The van der Waals surface area contributed by atoms with Crippen LogP contribution in [-0.2, 0) is 9.59 Å². The summed E-state index contributed by atoms with van der Waals surface area (Å²) in [6.45, 7) is 4.67. The van der Waals surface area contributed by atoms with Gasteiger partial charge in [-0.05, 0) is 43.0 Å². The maximum absolute atomic E-state index is 12.5. The SMILES string of the molecule is CC(C)[C@H](N)C(=O)NCC(=O)N1CCC(C(=O)c2ccc(Cl)cc2)CC1. The highest BCUT2D eigenvalue weighted by Gasteiger charge is 2.28. The number of benzene rings is 1. The van der Waals surface area contributed by atoms with E-state index in [1.165, 1.54) is 0 Å². The van der Waals surface area contributed by atoms with Gasteiger partial charge in [0.15, 0.2) is 5.78 Å². The van der Waals surface area contributed by atoms with Crippen LogP contribution in [0.3, 0.4) is 0 Å². The highest BCUT2D eigenvalue weighted by molar-refractivity contribution is 6.30. The molecule has 1 atom stereocenters. The van der Waals surface area contributed by atoms with Gasteiger partial charge < -0.3 is 16.0 Å². The summed E-state index contributed by atoms with van der Waals surface area (Å²) in [5.74, 6) is -0.457. The molecule has 0 aromatic heterocycles. The number of carbonyl (C=O) groups excluding carboxylic acids is 3. The van der Waals surface area contributed by atoms with Crippen LogP contribution < -0.4 is 11.1 Å². The predicted molar refractivity (Wildman–Crippen MR) is 101 cm³/mol. The van der Waals surface area contributed by atoms with Crippen molar-refractivity contribution < 1.29 is 14.4 Å². The molecule has 0 spiro atoms. The van der Waals surface area contributed by atoms with Gasteiger partial charge in [0.05, 0.1) is 12.6 Å². The summed E-state index contributed by atoms with van der Waals surface area (Å²) in [4.78, 5) is 38.3. The van der Waals surface area contributed by atoms with Crippen molar-refractivity contribution in [1.82, 2.24) is 10.2 Å². The minimum atomic E-state index is -0.620. The fourth-order valence-corrected chi connectivity index (χ4v) is 3.06. The Kier molecular flexibility index (Phi) is 7.17. The molecule has 3 N–H and O–H groups in total. The average molecular weight is 380 g/mol. The number of Topliss-reactive ketones (excluding diaryl/α,β-unsaturated/α-hetero) is 1. The average Bonchev–Trinajstić information content (AvgIpc) is 2.65. The van der Waals surface area contributed by atoms with Crippen molar-refractivity contribution in [1.29, 1.82) is 0 Å². The first-order chi connectivity index (χ1) is 12.3. The maximum atomic E-state index is 12.5. The van der Waals surface area contributed by atoms with E-state index in [1.54, 1.807) is 29.2 Å². The smallest absolute Gasteiger partial charge is 0.241 e. The lowest BCUT2D eigenvalue weighted by molar-refractivity contribution is -0.134. The second kappa shape index (κ2) is 9.14. The molecule has 0 radical (unpaired) electrons. The molecule has 7 heteroatoms. The minimum Gasteiger partial charge on any atom is -0.346 e. The first kappa shape index (κ1) is 20.4. The van der Waals surface area contributed by atoms with Gasteiger partial charge in [-0.2, -0.15) is 0 Å². The number of ketones is 1. The van der Waals surface area contributed by atoms with Gasteiger partial charge in [0.2, 0.25) is 11.8 Å². The van der Waals surface area contributed by atoms with Crippen molar-refractivity contribution >= 4 is 29.2 Å². The Morgan fingerprint density at radius 2 is 1.77 bits per heavy atom. The summed E-state index contributed by atoms with van der Waals surface area (Å²) < 4.78 is 0. The van der Waals surface area contributed by atoms with Crippen LogP contribution in [0.25, 0.3) is 0 Å². The molecule has 1 heterocycles. The molecule has 0 saturated carbocycles. The third kappa shape index (κ3) is 5.29. The lowest BCUT2D eigenvalue weighted by atomic mass is 9.89. The number of hydrogen-bond donors (Lipinski definition) is 2. The van der Waals surface area contributed by atoms with Crippen LogP contribution >= 0.6 is 11.6 Å². The van der Waals surface area contributed by atoms with Gasteiger partial charge in [-0.3, -0.25) is 14.4 Å². The minimum absolute atomic E-state index is 0.0136. The molecule has 1 fully saturated rings. The summed E-state index contributed by atoms with van der Waals surface area (Å²) in [6, 6.07) is 6.26. The summed E-state index contributed by atoms with van der Waals surface area (Å²) in [5.41, 5.74) is 6.41. The van der Waals surface area contributed by atoms with E-state index in [1.807, 2.05) is 13.8 Å². The number of piperidine rings is 1. The van der Waals surface area contributed by atoms with Crippen LogP contribution in [0.5, 0.6) is 0 Å². The summed E-state index contributed by atoms with van der Waals surface area (Å²) >= 11 is 5.85. The van der Waals surface area contributed by atoms with Gasteiger partial charge in [-0.25, -0.2) is 0 Å². The number of nitrogens with one attached hydrogen (secondary N) is 1. The highest BCUT2D eigenvalue weighted by atomic mass is 35.5. The quantitative estimate of drug-likeness (QED) is 0.738. The van der Waals surface area contributed by atoms with Crippen molar-refractivity contribution in [3.8, 4) is 0 Å². The first-order valence-corrected chi connectivity index (χ1v) is 9.28. The Balaban J connectivity index is 1.80. The molecule has 1 aliphatic heterocycles. The molecule has 1 aromatic carbocycles. The third-order valence-corrected chi connectivity index (χ3v) is 5.03. The topological polar surface area (TPSA) is 92.5 Å². The number of nitrogens with two attached hydrogens (primary N) is 1. The lowest BCUT2D eigenvalue weighted by Crippen LogP contribution is -2.49. The molecule has 1 saturated heterocycles. The van der Waals surface area contributed by atoms with Crippen LogP contribution in [-0.4, -0.2) is 48.2 Å². The fraction of sp³-hybridized carbons (Fsp3) is 0.526. The number of nitrogens with zero attached hydrogens (tertiary/aromatic N) is 1. The molecule has 142 valence electrons. The molecule has 2 rings (SSSR count). The molecule has 0 bridgehead atoms. The first-order valence-electron chi connectivity index (χ1n) is 8.90. The van der Waals surface area contributed by atoms with E-state index >= 15 is 0 Å². The van der Waals surface area contributed by atoms with E-state index in [0.717, 1.165) is 0 Å². The maximum Gasteiger partial charge on any atom is 0.241 e. The molecular weight excluding hydrogens is 354 g/mol. The number of likely N-dealkylation sites (tertiary alicyclic amines) is 1. The van der Waals surface area contributed by atoms with Crippen LogP contribution in [0.4, 0.5) is 0 Å². The fourth-order valence-electron chi connectivity index (χ4n) is 2.94. The summed E-state index contributed by atoms with van der Waals surface area (Å²) in [7, 11) is 0. The summed E-state index contributed by atoms with van der Waals surface area (Å²) in [6.07, 6.45) is 1.24. The molecule has 1 aliphatic rings. The zero-order valence-electron chi connectivity index (χ0n) is 15.2. The van der Waals surface area contributed by atoms with Crippen LogP contribution in [0.1, 0.15) is 37.0 Å².